The number of nitro benzene ring substituents is 1. The SMILES string of the molecule is O=[N+]([O-])c1c(N2CCOC(c3ccc(C(F)(F)F)cc3)C2)ccc2ncccc12. The second-order valence-corrected chi connectivity index (χ2v) is 6.69. The van der Waals surface area contributed by atoms with Crippen LogP contribution in [0.1, 0.15) is 17.2 Å². The molecule has 1 atom stereocenters. The van der Waals surface area contributed by atoms with Crippen molar-refractivity contribution < 1.29 is 22.8 Å². The molecule has 1 aromatic heterocycles. The molecule has 9 heteroatoms. The molecule has 4 rings (SSSR count). The van der Waals surface area contributed by atoms with Gasteiger partial charge in [-0.25, -0.2) is 0 Å². The number of alkyl halides is 3. The predicted octanol–water partition coefficient (Wildman–Crippen LogP) is 4.74. The molecule has 0 aliphatic carbocycles. The van der Waals surface area contributed by atoms with Crippen molar-refractivity contribution in [2.45, 2.75) is 12.3 Å². The molecule has 6 nitrogen and oxygen atoms in total. The Balaban J connectivity index is 1.65. The van der Waals surface area contributed by atoms with Crippen molar-refractivity contribution in [3.8, 4) is 0 Å². The zero-order valence-electron chi connectivity index (χ0n) is 15.1. The lowest BCUT2D eigenvalue weighted by Crippen LogP contribution is -2.38. The molecule has 1 saturated heterocycles. The number of hydrogen-bond donors (Lipinski definition) is 0. The van der Waals surface area contributed by atoms with Gasteiger partial charge in [-0.3, -0.25) is 15.1 Å². The summed E-state index contributed by atoms with van der Waals surface area (Å²) < 4.78 is 44.1. The van der Waals surface area contributed by atoms with E-state index in [2.05, 4.69) is 4.98 Å². The van der Waals surface area contributed by atoms with Crippen LogP contribution < -0.4 is 4.90 Å². The molecule has 29 heavy (non-hydrogen) atoms. The van der Waals surface area contributed by atoms with Crippen molar-refractivity contribution in [2.24, 2.45) is 0 Å². The number of fused-ring (bicyclic) bond motifs is 1. The van der Waals surface area contributed by atoms with Crippen LogP contribution in [-0.2, 0) is 10.9 Å². The number of halogens is 3. The van der Waals surface area contributed by atoms with E-state index in [0.717, 1.165) is 12.1 Å². The third-order valence-electron chi connectivity index (χ3n) is 4.93. The van der Waals surface area contributed by atoms with E-state index in [-0.39, 0.29) is 12.2 Å². The first kappa shape index (κ1) is 19.1. The average Bonchev–Trinajstić information content (AvgIpc) is 2.72. The largest absolute Gasteiger partial charge is 0.416 e. The molecule has 0 spiro atoms. The highest BCUT2D eigenvalue weighted by Crippen LogP contribution is 2.38. The Morgan fingerprint density at radius 3 is 2.59 bits per heavy atom. The van der Waals surface area contributed by atoms with Gasteiger partial charge < -0.3 is 9.64 Å². The van der Waals surface area contributed by atoms with Crippen molar-refractivity contribution in [3.63, 3.8) is 0 Å². The third-order valence-corrected chi connectivity index (χ3v) is 4.93. The average molecular weight is 403 g/mol. The summed E-state index contributed by atoms with van der Waals surface area (Å²) in [7, 11) is 0. The van der Waals surface area contributed by atoms with Gasteiger partial charge in [0.1, 0.15) is 11.8 Å². The Morgan fingerprint density at radius 1 is 1.14 bits per heavy atom. The van der Waals surface area contributed by atoms with Gasteiger partial charge in [0.15, 0.2) is 0 Å². The standard InChI is InChI=1S/C20H16F3N3O3/c21-20(22,23)14-5-3-13(4-6-14)18-12-25(10-11-29-18)17-8-7-16-15(2-1-9-24-16)19(17)26(27)28/h1-9,18H,10-12H2. The second-order valence-electron chi connectivity index (χ2n) is 6.69. The highest BCUT2D eigenvalue weighted by atomic mass is 19.4. The number of ether oxygens (including phenoxy) is 1. The highest BCUT2D eigenvalue weighted by molar-refractivity contribution is 5.94. The Labute approximate surface area is 163 Å². The number of anilines is 1. The molecular formula is C20H16F3N3O3. The number of nitro groups is 1. The van der Waals surface area contributed by atoms with Crippen LogP contribution in [0.4, 0.5) is 24.5 Å². The second kappa shape index (κ2) is 7.32. The number of pyridine rings is 1. The minimum absolute atomic E-state index is 0.0383. The minimum Gasteiger partial charge on any atom is -0.370 e. The zero-order valence-corrected chi connectivity index (χ0v) is 15.1. The van der Waals surface area contributed by atoms with Gasteiger partial charge in [-0.1, -0.05) is 12.1 Å². The van der Waals surface area contributed by atoms with Crippen LogP contribution in [0.15, 0.2) is 54.7 Å². The molecule has 0 radical (unpaired) electrons. The van der Waals surface area contributed by atoms with E-state index >= 15 is 0 Å². The van der Waals surface area contributed by atoms with Gasteiger partial charge in [-0.05, 0) is 42.0 Å². The zero-order chi connectivity index (χ0) is 20.6. The Bertz CT molecular complexity index is 1050. The van der Waals surface area contributed by atoms with Crippen molar-refractivity contribution in [3.05, 3.63) is 76.0 Å². The normalized spacial score (nSPS) is 17.5. The van der Waals surface area contributed by atoms with Crippen LogP contribution in [0.25, 0.3) is 10.9 Å². The number of morpholine rings is 1. The van der Waals surface area contributed by atoms with Crippen LogP contribution in [0.3, 0.4) is 0 Å². The van der Waals surface area contributed by atoms with Gasteiger partial charge >= 0.3 is 11.9 Å². The number of rotatable bonds is 3. The van der Waals surface area contributed by atoms with E-state index < -0.39 is 22.8 Å². The fraction of sp³-hybridized carbons (Fsp3) is 0.250. The lowest BCUT2D eigenvalue weighted by atomic mass is 10.0. The summed E-state index contributed by atoms with van der Waals surface area (Å²) in [5.41, 5.74) is 0.786. The van der Waals surface area contributed by atoms with Crippen molar-refractivity contribution in [1.29, 1.82) is 0 Å². The summed E-state index contributed by atoms with van der Waals surface area (Å²) in [6.45, 7) is 1.02. The van der Waals surface area contributed by atoms with Crippen LogP contribution in [-0.4, -0.2) is 29.6 Å². The van der Waals surface area contributed by atoms with Gasteiger partial charge in [0.05, 0.1) is 28.0 Å². The summed E-state index contributed by atoms with van der Waals surface area (Å²) in [5, 5.41) is 12.2. The molecule has 2 heterocycles. The molecule has 0 amide bonds. The molecule has 1 aliphatic rings. The van der Waals surface area contributed by atoms with Gasteiger partial charge in [0.25, 0.3) is 0 Å². The van der Waals surface area contributed by atoms with Crippen LogP contribution in [0, 0.1) is 10.1 Å². The van der Waals surface area contributed by atoms with Gasteiger partial charge in [0, 0.05) is 19.3 Å². The fourth-order valence-corrected chi connectivity index (χ4v) is 3.53. The smallest absolute Gasteiger partial charge is 0.370 e. The maximum Gasteiger partial charge on any atom is 0.416 e. The summed E-state index contributed by atoms with van der Waals surface area (Å²) >= 11 is 0. The maximum atomic E-state index is 12.8. The number of hydrogen-bond acceptors (Lipinski definition) is 5. The van der Waals surface area contributed by atoms with Crippen LogP contribution in [0.5, 0.6) is 0 Å². The van der Waals surface area contributed by atoms with Gasteiger partial charge in [-0.2, -0.15) is 13.2 Å². The molecule has 150 valence electrons. The fourth-order valence-electron chi connectivity index (χ4n) is 3.53. The topological polar surface area (TPSA) is 68.5 Å². The van der Waals surface area contributed by atoms with E-state index in [1.807, 2.05) is 4.90 Å². The summed E-state index contributed by atoms with van der Waals surface area (Å²) in [6.07, 6.45) is -3.33. The van der Waals surface area contributed by atoms with E-state index in [1.165, 1.54) is 12.1 Å². The first-order valence-corrected chi connectivity index (χ1v) is 8.90. The first-order chi connectivity index (χ1) is 13.8. The summed E-state index contributed by atoms with van der Waals surface area (Å²) in [6, 6.07) is 11.5. The number of nitrogens with zero attached hydrogens (tertiary/aromatic N) is 3. The monoisotopic (exact) mass is 403 g/mol. The van der Waals surface area contributed by atoms with Gasteiger partial charge in [-0.15, -0.1) is 0 Å². The summed E-state index contributed by atoms with van der Waals surface area (Å²) in [5.74, 6) is 0. The van der Waals surface area contributed by atoms with E-state index in [4.69, 9.17) is 4.74 Å². The maximum absolute atomic E-state index is 12.8. The lowest BCUT2D eigenvalue weighted by Gasteiger charge is -2.34. The van der Waals surface area contributed by atoms with E-state index in [0.29, 0.717) is 35.3 Å². The molecule has 0 N–H and O–H groups in total. The predicted molar refractivity (Wildman–Crippen MR) is 101 cm³/mol. The van der Waals surface area contributed by atoms with Gasteiger partial charge in [0.2, 0.25) is 0 Å². The first-order valence-electron chi connectivity index (χ1n) is 8.90. The molecule has 1 aliphatic heterocycles. The quantitative estimate of drug-likeness (QED) is 0.467. The highest BCUT2D eigenvalue weighted by Gasteiger charge is 2.32. The molecule has 2 aromatic carbocycles. The Hall–Kier alpha value is -3.20. The molecule has 1 fully saturated rings. The van der Waals surface area contributed by atoms with Crippen molar-refractivity contribution in [2.75, 3.05) is 24.6 Å². The number of benzene rings is 2. The molecular weight excluding hydrogens is 387 g/mol. The minimum atomic E-state index is -4.41. The third kappa shape index (κ3) is 3.73. The molecule has 3 aromatic rings. The van der Waals surface area contributed by atoms with Crippen molar-refractivity contribution >= 4 is 22.3 Å². The lowest BCUT2D eigenvalue weighted by molar-refractivity contribution is -0.382. The van der Waals surface area contributed by atoms with Crippen molar-refractivity contribution in [1.82, 2.24) is 4.98 Å². The van der Waals surface area contributed by atoms with Crippen LogP contribution >= 0.6 is 0 Å². The van der Waals surface area contributed by atoms with E-state index in [9.17, 15) is 23.3 Å². The van der Waals surface area contributed by atoms with E-state index in [1.54, 1.807) is 30.5 Å². The molecule has 0 bridgehead atoms. The summed E-state index contributed by atoms with van der Waals surface area (Å²) in [4.78, 5) is 17.3. The molecule has 1 unspecified atom stereocenters. The Kier molecular flexibility index (Phi) is 4.83. The number of aromatic nitrogens is 1. The molecule has 0 saturated carbocycles. The van der Waals surface area contributed by atoms with Crippen LogP contribution in [0.2, 0.25) is 0 Å². The Morgan fingerprint density at radius 2 is 1.90 bits per heavy atom.